The van der Waals surface area contributed by atoms with Gasteiger partial charge in [0.15, 0.2) is 0 Å². The van der Waals surface area contributed by atoms with Gasteiger partial charge in [-0.15, -0.1) is 0 Å². The summed E-state index contributed by atoms with van der Waals surface area (Å²) >= 11 is 0. The number of carboxylic acid groups (broad SMARTS) is 1. The fourth-order valence-corrected chi connectivity index (χ4v) is 1.63. The average molecular weight is 260 g/mol. The van der Waals surface area contributed by atoms with Crippen molar-refractivity contribution in [3.05, 3.63) is 36.3 Å². The number of benzene rings is 1. The van der Waals surface area contributed by atoms with Gasteiger partial charge in [-0.05, 0) is 24.3 Å². The zero-order valence-electron chi connectivity index (χ0n) is 10.5. The number of rotatable bonds is 4. The number of hydrogen-bond acceptors (Lipinski definition) is 5. The molecule has 0 unspecified atom stereocenters. The molecule has 1 aromatic carbocycles. The van der Waals surface area contributed by atoms with Gasteiger partial charge in [-0.3, -0.25) is 0 Å². The number of ether oxygens (including phenoxy) is 2. The average Bonchev–Trinajstić information content (AvgIpc) is 2.46. The molecule has 0 bridgehead atoms. The van der Waals surface area contributed by atoms with Crippen LogP contribution in [0.3, 0.4) is 0 Å². The Morgan fingerprint density at radius 2 is 2.00 bits per heavy atom. The zero-order chi connectivity index (χ0) is 13.8. The second kappa shape index (κ2) is 5.34. The van der Waals surface area contributed by atoms with Crippen LogP contribution in [0.15, 0.2) is 30.5 Å². The maximum atomic E-state index is 10.9. The van der Waals surface area contributed by atoms with Crippen molar-refractivity contribution in [3.63, 3.8) is 0 Å². The third-order valence-electron chi connectivity index (χ3n) is 2.53. The van der Waals surface area contributed by atoms with Gasteiger partial charge < -0.3 is 14.6 Å². The van der Waals surface area contributed by atoms with Crippen molar-refractivity contribution in [2.75, 3.05) is 14.2 Å². The quantitative estimate of drug-likeness (QED) is 0.903. The van der Waals surface area contributed by atoms with Crippen molar-refractivity contribution in [2.45, 2.75) is 0 Å². The Morgan fingerprint density at radius 3 is 2.63 bits per heavy atom. The van der Waals surface area contributed by atoms with E-state index in [2.05, 4.69) is 9.97 Å². The van der Waals surface area contributed by atoms with Gasteiger partial charge in [-0.1, -0.05) is 0 Å². The molecule has 19 heavy (non-hydrogen) atoms. The summed E-state index contributed by atoms with van der Waals surface area (Å²) in [6.45, 7) is 0. The topological polar surface area (TPSA) is 81.5 Å². The minimum Gasteiger partial charge on any atom is -0.497 e. The Labute approximate surface area is 109 Å². The summed E-state index contributed by atoms with van der Waals surface area (Å²) in [5.41, 5.74) is 1.11. The van der Waals surface area contributed by atoms with E-state index in [-0.39, 0.29) is 5.82 Å². The van der Waals surface area contributed by atoms with Gasteiger partial charge in [-0.25, -0.2) is 14.8 Å². The minimum absolute atomic E-state index is 0.262. The number of nitrogens with zero attached hydrogens (tertiary/aromatic N) is 2. The van der Waals surface area contributed by atoms with E-state index in [1.165, 1.54) is 13.3 Å². The molecule has 0 aliphatic rings. The first-order valence-electron chi connectivity index (χ1n) is 5.44. The maximum Gasteiger partial charge on any atom is 0.373 e. The predicted octanol–water partition coefficient (Wildman–Crippen LogP) is 1.86. The Balaban J connectivity index is 2.56. The smallest absolute Gasteiger partial charge is 0.373 e. The standard InChI is InChI=1S/C13H12N2O4/c1-18-8-3-4-11(19-2)9(7-8)10-5-6-14-12(15-10)13(16)17/h3-7H,1-2H3,(H,16,17). The molecular weight excluding hydrogens is 248 g/mol. The molecule has 6 heteroatoms. The maximum absolute atomic E-state index is 10.9. The molecule has 98 valence electrons. The Kier molecular flexibility index (Phi) is 3.61. The first-order chi connectivity index (χ1) is 9.15. The van der Waals surface area contributed by atoms with Crippen molar-refractivity contribution in [2.24, 2.45) is 0 Å². The molecule has 6 nitrogen and oxygen atoms in total. The summed E-state index contributed by atoms with van der Waals surface area (Å²) in [7, 11) is 3.08. The number of carbonyl (C=O) groups is 1. The molecule has 0 atom stereocenters. The van der Waals surface area contributed by atoms with Crippen LogP contribution < -0.4 is 9.47 Å². The van der Waals surface area contributed by atoms with E-state index >= 15 is 0 Å². The summed E-state index contributed by atoms with van der Waals surface area (Å²) in [6.07, 6.45) is 1.39. The number of aromatic carboxylic acids is 1. The third-order valence-corrected chi connectivity index (χ3v) is 2.53. The molecule has 0 fully saturated rings. The number of hydrogen-bond donors (Lipinski definition) is 1. The van der Waals surface area contributed by atoms with Crippen molar-refractivity contribution in [3.8, 4) is 22.8 Å². The molecule has 2 rings (SSSR count). The highest BCUT2D eigenvalue weighted by molar-refractivity contribution is 5.84. The van der Waals surface area contributed by atoms with Crippen LogP contribution in [0.25, 0.3) is 11.3 Å². The normalized spacial score (nSPS) is 10.0. The summed E-state index contributed by atoms with van der Waals surface area (Å²) in [6, 6.07) is 6.83. The second-order valence-corrected chi connectivity index (χ2v) is 3.64. The van der Waals surface area contributed by atoms with Gasteiger partial charge in [0, 0.05) is 11.8 Å². The third kappa shape index (κ3) is 2.62. The van der Waals surface area contributed by atoms with Crippen molar-refractivity contribution in [1.29, 1.82) is 0 Å². The number of methoxy groups -OCH3 is 2. The van der Waals surface area contributed by atoms with Crippen LogP contribution in [0.2, 0.25) is 0 Å². The van der Waals surface area contributed by atoms with E-state index in [0.717, 1.165) is 0 Å². The highest BCUT2D eigenvalue weighted by Crippen LogP contribution is 2.31. The highest BCUT2D eigenvalue weighted by Gasteiger charge is 2.12. The molecule has 1 heterocycles. The van der Waals surface area contributed by atoms with Gasteiger partial charge >= 0.3 is 5.97 Å². The molecule has 2 aromatic rings. The van der Waals surface area contributed by atoms with E-state index in [4.69, 9.17) is 14.6 Å². The lowest BCUT2D eigenvalue weighted by Crippen LogP contribution is -2.04. The van der Waals surface area contributed by atoms with Crippen LogP contribution in [-0.2, 0) is 0 Å². The molecule has 1 N–H and O–H groups in total. The number of carboxylic acids is 1. The number of aromatic nitrogens is 2. The molecule has 0 saturated heterocycles. The first kappa shape index (κ1) is 12.8. The molecule has 0 aliphatic carbocycles. The Bertz CT molecular complexity index is 613. The van der Waals surface area contributed by atoms with E-state index in [1.54, 1.807) is 31.4 Å². The van der Waals surface area contributed by atoms with Crippen molar-refractivity contribution < 1.29 is 19.4 Å². The van der Waals surface area contributed by atoms with Gasteiger partial charge in [0.2, 0.25) is 5.82 Å². The Hall–Kier alpha value is -2.63. The molecule has 0 radical (unpaired) electrons. The van der Waals surface area contributed by atoms with Gasteiger partial charge in [0.25, 0.3) is 0 Å². The van der Waals surface area contributed by atoms with Crippen molar-refractivity contribution >= 4 is 5.97 Å². The minimum atomic E-state index is -1.18. The van der Waals surface area contributed by atoms with Crippen LogP contribution in [0.1, 0.15) is 10.6 Å². The molecule has 0 amide bonds. The van der Waals surface area contributed by atoms with Gasteiger partial charge in [-0.2, -0.15) is 0 Å². The summed E-state index contributed by atoms with van der Waals surface area (Å²) in [4.78, 5) is 18.5. The fourth-order valence-electron chi connectivity index (χ4n) is 1.63. The SMILES string of the molecule is COc1ccc(OC)c(-c2ccnc(C(=O)O)n2)c1. The largest absolute Gasteiger partial charge is 0.497 e. The van der Waals surface area contributed by atoms with Gasteiger partial charge in [0.1, 0.15) is 11.5 Å². The van der Waals surface area contributed by atoms with Crippen molar-refractivity contribution in [1.82, 2.24) is 9.97 Å². The van der Waals surface area contributed by atoms with Crippen LogP contribution >= 0.6 is 0 Å². The predicted molar refractivity (Wildman–Crippen MR) is 67.5 cm³/mol. The lowest BCUT2D eigenvalue weighted by molar-refractivity contribution is 0.0683. The van der Waals surface area contributed by atoms with E-state index in [1.807, 2.05) is 0 Å². The van der Waals surface area contributed by atoms with Crippen LogP contribution in [-0.4, -0.2) is 35.3 Å². The first-order valence-corrected chi connectivity index (χ1v) is 5.44. The lowest BCUT2D eigenvalue weighted by atomic mass is 10.1. The monoisotopic (exact) mass is 260 g/mol. The van der Waals surface area contributed by atoms with E-state index < -0.39 is 5.97 Å². The zero-order valence-corrected chi connectivity index (χ0v) is 10.5. The summed E-state index contributed by atoms with van der Waals surface area (Å²) < 4.78 is 10.4. The van der Waals surface area contributed by atoms with Gasteiger partial charge in [0.05, 0.1) is 19.9 Å². The molecule has 0 saturated carbocycles. The van der Waals surface area contributed by atoms with Crippen LogP contribution in [0.4, 0.5) is 0 Å². The molecular formula is C13H12N2O4. The summed E-state index contributed by atoms with van der Waals surface area (Å²) in [5.74, 6) is -0.229. The second-order valence-electron chi connectivity index (χ2n) is 3.64. The van der Waals surface area contributed by atoms with E-state index in [9.17, 15) is 4.79 Å². The van der Waals surface area contributed by atoms with Crippen LogP contribution in [0, 0.1) is 0 Å². The Morgan fingerprint density at radius 1 is 1.21 bits per heavy atom. The molecule has 0 aliphatic heterocycles. The van der Waals surface area contributed by atoms with E-state index in [0.29, 0.717) is 22.8 Å². The molecule has 1 aromatic heterocycles. The lowest BCUT2D eigenvalue weighted by Gasteiger charge is -2.10. The molecule has 0 spiro atoms. The summed E-state index contributed by atoms with van der Waals surface area (Å²) in [5, 5.41) is 8.90. The fraction of sp³-hybridized carbons (Fsp3) is 0.154. The van der Waals surface area contributed by atoms with Crippen LogP contribution in [0.5, 0.6) is 11.5 Å². The highest BCUT2D eigenvalue weighted by atomic mass is 16.5.